The molecule has 1 aromatic carbocycles. The first-order chi connectivity index (χ1) is 16.9. The van der Waals surface area contributed by atoms with E-state index in [1.165, 1.54) is 28.0 Å². The van der Waals surface area contributed by atoms with Crippen LogP contribution in [0.15, 0.2) is 47.3 Å². The average Bonchev–Trinajstić information content (AvgIpc) is 3.44. The number of ether oxygens (including phenoxy) is 1. The van der Waals surface area contributed by atoms with Crippen LogP contribution in [0.4, 0.5) is 10.3 Å². The van der Waals surface area contributed by atoms with Crippen LogP contribution < -0.4 is 10.1 Å². The van der Waals surface area contributed by atoms with Crippen molar-refractivity contribution in [1.29, 1.82) is 0 Å². The van der Waals surface area contributed by atoms with Crippen LogP contribution in [0, 0.1) is 5.82 Å². The largest absolute Gasteiger partial charge is 0.494 e. The number of nitrogens with one attached hydrogen (secondary N) is 1. The highest BCUT2D eigenvalue weighted by Gasteiger charge is 2.30. The molecule has 0 unspecified atom stereocenters. The molecule has 0 bridgehead atoms. The van der Waals surface area contributed by atoms with Gasteiger partial charge in [0.2, 0.25) is 5.95 Å². The fraction of sp³-hybridized carbons (Fsp3) is 0.318. The van der Waals surface area contributed by atoms with Gasteiger partial charge in [-0.05, 0) is 30.7 Å². The van der Waals surface area contributed by atoms with Gasteiger partial charge in [-0.3, -0.25) is 4.40 Å². The zero-order valence-electron chi connectivity index (χ0n) is 19.2. The Morgan fingerprint density at radius 2 is 2.09 bits per heavy atom. The summed E-state index contributed by atoms with van der Waals surface area (Å²) in [5, 5.41) is 3.10. The predicted molar refractivity (Wildman–Crippen MR) is 127 cm³/mol. The second-order valence-corrected chi connectivity index (χ2v) is 10.0. The Kier molecular flexibility index (Phi) is 6.13. The van der Waals surface area contributed by atoms with E-state index in [1.807, 2.05) is 0 Å². The van der Waals surface area contributed by atoms with Crippen LogP contribution in [0.3, 0.4) is 0 Å². The molecule has 1 fully saturated rings. The molecule has 1 aliphatic heterocycles. The van der Waals surface area contributed by atoms with Gasteiger partial charge in [-0.1, -0.05) is 0 Å². The Hall–Kier alpha value is -3.55. The van der Waals surface area contributed by atoms with Gasteiger partial charge >= 0.3 is 5.84 Å². The van der Waals surface area contributed by atoms with Gasteiger partial charge in [0.15, 0.2) is 11.6 Å². The van der Waals surface area contributed by atoms with Crippen LogP contribution >= 0.6 is 0 Å². The molecule has 3 aromatic heterocycles. The van der Waals surface area contributed by atoms with Crippen LogP contribution in [0.25, 0.3) is 28.5 Å². The minimum absolute atomic E-state index is 0.0985. The van der Waals surface area contributed by atoms with Crippen molar-refractivity contribution in [2.75, 3.05) is 45.7 Å². The van der Waals surface area contributed by atoms with Gasteiger partial charge in [0.25, 0.3) is 10.2 Å². The number of imidazole rings is 1. The number of rotatable bonds is 7. The number of methoxy groups -OCH3 is 1. The molecule has 0 atom stereocenters. The molecular formula is C22H24FN7O4S. The molecule has 4 aromatic rings. The number of hydrogen-bond donors (Lipinski definition) is 1. The molecule has 0 aliphatic carbocycles. The van der Waals surface area contributed by atoms with Gasteiger partial charge in [-0.25, -0.2) is 14.4 Å². The Balaban J connectivity index is 1.42. The first kappa shape index (κ1) is 23.2. The lowest BCUT2D eigenvalue weighted by Gasteiger charge is -2.32. The highest BCUT2D eigenvalue weighted by Crippen LogP contribution is 2.34. The molecule has 0 spiro atoms. The zero-order chi connectivity index (χ0) is 24.6. The van der Waals surface area contributed by atoms with Gasteiger partial charge < -0.3 is 14.5 Å². The van der Waals surface area contributed by atoms with E-state index >= 15 is 0 Å². The third-order valence-corrected chi connectivity index (χ3v) is 7.82. The van der Waals surface area contributed by atoms with Crippen molar-refractivity contribution in [3.8, 4) is 28.4 Å². The minimum Gasteiger partial charge on any atom is -0.494 e. The van der Waals surface area contributed by atoms with E-state index in [0.29, 0.717) is 60.6 Å². The number of fused-ring (bicyclic) bond motifs is 1. The SMILES string of the molecule is COc1cc(-c2nc3occn3c2-c2ccnc(NCCN3CCCN(C)S3(=O)=O)n2)ccc1F. The molecule has 1 aliphatic rings. The Morgan fingerprint density at radius 1 is 1.23 bits per heavy atom. The molecule has 0 saturated carbocycles. The lowest BCUT2D eigenvalue weighted by molar-refractivity contribution is 0.313. The molecular weight excluding hydrogens is 477 g/mol. The highest BCUT2D eigenvalue weighted by atomic mass is 32.2. The minimum atomic E-state index is -3.44. The normalized spacial score (nSPS) is 16.5. The molecule has 1 N–H and O–H groups in total. The Morgan fingerprint density at radius 3 is 2.91 bits per heavy atom. The molecule has 35 heavy (non-hydrogen) atoms. The molecule has 0 amide bonds. The summed E-state index contributed by atoms with van der Waals surface area (Å²) in [7, 11) is -0.455. The van der Waals surface area contributed by atoms with Crippen molar-refractivity contribution in [1.82, 2.24) is 28.0 Å². The van der Waals surface area contributed by atoms with Crippen LogP contribution in [-0.2, 0) is 10.2 Å². The van der Waals surface area contributed by atoms with Crippen LogP contribution in [0.5, 0.6) is 5.75 Å². The third-order valence-electron chi connectivity index (χ3n) is 5.83. The lowest BCUT2D eigenvalue weighted by Crippen LogP contribution is -2.49. The number of hydrogen-bond acceptors (Lipinski definition) is 8. The summed E-state index contributed by atoms with van der Waals surface area (Å²) in [6.45, 7) is 1.63. The number of nitrogens with zero attached hydrogens (tertiary/aromatic N) is 6. The van der Waals surface area contributed by atoms with Crippen LogP contribution in [0.2, 0.25) is 0 Å². The van der Waals surface area contributed by atoms with E-state index in [0.717, 1.165) is 6.42 Å². The number of benzene rings is 1. The summed E-state index contributed by atoms with van der Waals surface area (Å²) in [5.41, 5.74) is 2.35. The second kappa shape index (κ2) is 9.24. The number of oxazole rings is 1. The quantitative estimate of drug-likeness (QED) is 0.410. The molecule has 1 saturated heterocycles. The van der Waals surface area contributed by atoms with Gasteiger partial charge in [-0.15, -0.1) is 0 Å². The second-order valence-electron chi connectivity index (χ2n) is 7.99. The smallest absolute Gasteiger partial charge is 0.306 e. The molecule has 4 heterocycles. The van der Waals surface area contributed by atoms with Gasteiger partial charge in [0.05, 0.1) is 12.8 Å². The van der Waals surface area contributed by atoms with Gasteiger partial charge in [0.1, 0.15) is 17.7 Å². The van der Waals surface area contributed by atoms with Crippen molar-refractivity contribution in [2.24, 2.45) is 0 Å². The standard InChI is InChI=1S/C22H24FN7O4S/c1-28-9-3-10-29(35(28,31)32)11-8-25-21-24-7-6-17(26-21)20-19(27-22-30(20)12-13-34-22)15-4-5-16(23)18(14-15)33-2/h4-7,12-14H,3,8-11H2,1-2H3,(H,24,25,26). The summed E-state index contributed by atoms with van der Waals surface area (Å²) >= 11 is 0. The molecule has 5 rings (SSSR count). The van der Waals surface area contributed by atoms with Crippen LogP contribution in [-0.4, -0.2) is 76.7 Å². The van der Waals surface area contributed by atoms with E-state index < -0.39 is 16.0 Å². The summed E-state index contributed by atoms with van der Waals surface area (Å²) in [5.74, 6) is 0.315. The molecule has 13 heteroatoms. The van der Waals surface area contributed by atoms with Crippen molar-refractivity contribution in [3.63, 3.8) is 0 Å². The Labute approximate surface area is 201 Å². The van der Waals surface area contributed by atoms with Crippen molar-refractivity contribution in [2.45, 2.75) is 6.42 Å². The maximum Gasteiger partial charge on any atom is 0.306 e. The number of aromatic nitrogens is 4. The van der Waals surface area contributed by atoms with E-state index in [2.05, 4.69) is 20.3 Å². The molecule has 184 valence electrons. The first-order valence-corrected chi connectivity index (χ1v) is 12.4. The van der Waals surface area contributed by atoms with E-state index in [9.17, 15) is 12.8 Å². The number of halogens is 1. The predicted octanol–water partition coefficient (Wildman–Crippen LogP) is 2.49. The lowest BCUT2D eigenvalue weighted by atomic mass is 10.1. The van der Waals surface area contributed by atoms with E-state index in [1.54, 1.807) is 42.0 Å². The topological polar surface area (TPSA) is 118 Å². The number of anilines is 1. The fourth-order valence-corrected chi connectivity index (χ4v) is 5.47. The summed E-state index contributed by atoms with van der Waals surface area (Å²) in [4.78, 5) is 13.4. The maximum absolute atomic E-state index is 14.0. The van der Waals surface area contributed by atoms with E-state index in [-0.39, 0.29) is 5.75 Å². The zero-order valence-corrected chi connectivity index (χ0v) is 20.0. The van der Waals surface area contributed by atoms with Crippen LogP contribution in [0.1, 0.15) is 6.42 Å². The average molecular weight is 502 g/mol. The summed E-state index contributed by atoms with van der Waals surface area (Å²) < 4.78 is 54.0. The van der Waals surface area contributed by atoms with Crippen molar-refractivity contribution >= 4 is 22.0 Å². The van der Waals surface area contributed by atoms with Crippen molar-refractivity contribution in [3.05, 3.63) is 48.7 Å². The third kappa shape index (κ3) is 4.33. The summed E-state index contributed by atoms with van der Waals surface area (Å²) in [6, 6.07) is 6.23. The van der Waals surface area contributed by atoms with Crippen molar-refractivity contribution < 1.29 is 22.0 Å². The highest BCUT2D eigenvalue weighted by molar-refractivity contribution is 7.86. The van der Waals surface area contributed by atoms with Gasteiger partial charge in [0, 0.05) is 51.2 Å². The summed E-state index contributed by atoms with van der Waals surface area (Å²) in [6.07, 6.45) is 5.61. The van der Waals surface area contributed by atoms with E-state index in [4.69, 9.17) is 9.15 Å². The maximum atomic E-state index is 14.0. The van der Waals surface area contributed by atoms with Gasteiger partial charge in [-0.2, -0.15) is 22.0 Å². The molecule has 0 radical (unpaired) electrons. The fourth-order valence-electron chi connectivity index (χ4n) is 4.03. The molecule has 11 nitrogen and oxygen atoms in total. The monoisotopic (exact) mass is 501 g/mol. The Bertz CT molecular complexity index is 1470. The first-order valence-electron chi connectivity index (χ1n) is 11.0.